The second kappa shape index (κ2) is 11.2. The first-order valence-electron chi connectivity index (χ1n) is 13.1. The number of nitrogens with zero attached hydrogens (tertiary/aromatic N) is 6. The highest BCUT2D eigenvalue weighted by Crippen LogP contribution is 2.38. The first kappa shape index (κ1) is 28.9. The molecule has 0 amide bonds. The summed E-state index contributed by atoms with van der Waals surface area (Å²) in [5.74, 6) is 1.64. The summed E-state index contributed by atoms with van der Waals surface area (Å²) in [6.45, 7) is 18.5. The Hall–Kier alpha value is -3.09. The van der Waals surface area contributed by atoms with Gasteiger partial charge in [0.15, 0.2) is 11.6 Å². The van der Waals surface area contributed by atoms with Gasteiger partial charge >= 0.3 is 0 Å². The van der Waals surface area contributed by atoms with E-state index in [1.807, 2.05) is 45.0 Å². The van der Waals surface area contributed by atoms with Crippen LogP contribution in [0.25, 0.3) is 17.1 Å². The van der Waals surface area contributed by atoms with Gasteiger partial charge in [-0.25, -0.2) is 22.7 Å². The molecule has 12 heteroatoms. The van der Waals surface area contributed by atoms with Crippen LogP contribution in [0.3, 0.4) is 0 Å². The van der Waals surface area contributed by atoms with Crippen LogP contribution in [-0.2, 0) is 14.8 Å². The molecule has 0 saturated heterocycles. The van der Waals surface area contributed by atoms with Gasteiger partial charge in [-0.3, -0.25) is 4.57 Å². The highest BCUT2D eigenvalue weighted by Gasteiger charge is 2.41. The molecule has 10 nitrogen and oxygen atoms in total. The summed E-state index contributed by atoms with van der Waals surface area (Å²) in [4.78, 5) is 8.83. The van der Waals surface area contributed by atoms with Gasteiger partial charge in [0, 0.05) is 27.0 Å². The minimum Gasteiger partial charge on any atom is -0.487 e. The van der Waals surface area contributed by atoms with Crippen LogP contribution in [0.5, 0.6) is 5.75 Å². The number of sulfonamides is 1. The van der Waals surface area contributed by atoms with E-state index in [1.54, 1.807) is 23.9 Å². The third-order valence-electron chi connectivity index (χ3n) is 6.45. The SMILES string of the molecule is C=C1COc2ccccc2-c2nnc(N(CC[Si](C)(C)C)S(=O)(=O)C(C)C(OC(C)C)c3ncc(C)cn3)n21. The molecule has 3 heterocycles. The summed E-state index contributed by atoms with van der Waals surface area (Å²) >= 11 is 0. The Morgan fingerprint density at radius 1 is 1.13 bits per heavy atom. The fourth-order valence-electron chi connectivity index (χ4n) is 4.27. The maximum absolute atomic E-state index is 14.5. The molecular weight excluding hydrogens is 532 g/mol. The Labute approximate surface area is 232 Å². The van der Waals surface area contributed by atoms with Crippen LogP contribution in [0, 0.1) is 6.92 Å². The molecule has 0 fully saturated rings. The average molecular weight is 571 g/mol. The monoisotopic (exact) mass is 570 g/mol. The maximum Gasteiger partial charge on any atom is 0.245 e. The predicted molar refractivity (Wildman–Crippen MR) is 156 cm³/mol. The van der Waals surface area contributed by atoms with Gasteiger partial charge < -0.3 is 9.47 Å². The lowest BCUT2D eigenvalue weighted by Gasteiger charge is -2.32. The molecule has 2 aromatic heterocycles. The van der Waals surface area contributed by atoms with Crippen molar-refractivity contribution in [2.45, 2.75) is 70.8 Å². The molecule has 2 unspecified atom stereocenters. The quantitative estimate of drug-likeness (QED) is 0.315. The number of rotatable bonds is 10. The van der Waals surface area contributed by atoms with Gasteiger partial charge in [-0.05, 0) is 51.4 Å². The number of aryl methyl sites for hydroxylation is 1. The van der Waals surface area contributed by atoms with E-state index in [-0.39, 0.29) is 25.2 Å². The summed E-state index contributed by atoms with van der Waals surface area (Å²) in [6.07, 6.45) is 2.21. The summed E-state index contributed by atoms with van der Waals surface area (Å²) in [5.41, 5.74) is 2.14. The molecule has 1 aliphatic heterocycles. The molecule has 1 aromatic carbocycles. The molecule has 4 rings (SSSR count). The van der Waals surface area contributed by atoms with Gasteiger partial charge in [0.1, 0.15) is 23.7 Å². The van der Waals surface area contributed by atoms with Gasteiger partial charge in [-0.2, -0.15) is 0 Å². The molecule has 2 atom stereocenters. The third-order valence-corrected chi connectivity index (χ3v) is 10.3. The lowest BCUT2D eigenvalue weighted by atomic mass is 10.2. The predicted octanol–water partition coefficient (Wildman–Crippen LogP) is 4.94. The largest absolute Gasteiger partial charge is 0.487 e. The standard InChI is InChI=1S/C27H38N6O4SSi/c1-18(2)37-24(25-28-15-19(3)16-29-25)21(5)38(34,35)32(13-14-39(6,7)8)27-31-30-26-22-11-9-10-12-23(22)36-17-20(4)33(26)27/h9-12,15-16,18,21,24H,4,13-14,17H2,1-3,5-8H3. The molecule has 210 valence electrons. The first-order valence-corrected chi connectivity index (χ1v) is 18.3. The van der Waals surface area contributed by atoms with Crippen LogP contribution >= 0.6 is 0 Å². The summed E-state index contributed by atoms with van der Waals surface area (Å²) in [6, 6.07) is 8.21. The van der Waals surface area contributed by atoms with Crippen molar-refractivity contribution in [2.24, 2.45) is 0 Å². The van der Waals surface area contributed by atoms with Crippen molar-refractivity contribution >= 4 is 29.7 Å². The fourth-order valence-corrected chi connectivity index (χ4v) is 6.91. The highest BCUT2D eigenvalue weighted by molar-refractivity contribution is 7.93. The molecule has 0 bridgehead atoms. The van der Waals surface area contributed by atoms with Crippen molar-refractivity contribution < 1.29 is 17.9 Å². The van der Waals surface area contributed by atoms with Crippen molar-refractivity contribution in [3.05, 3.63) is 54.6 Å². The van der Waals surface area contributed by atoms with E-state index < -0.39 is 29.5 Å². The van der Waals surface area contributed by atoms with E-state index in [9.17, 15) is 8.42 Å². The molecular formula is C27H38N6O4SSi. The van der Waals surface area contributed by atoms with E-state index in [0.717, 1.165) is 17.2 Å². The molecule has 1 aliphatic rings. The fraction of sp³-hybridized carbons (Fsp3) is 0.481. The number of para-hydroxylation sites is 1. The van der Waals surface area contributed by atoms with Gasteiger partial charge in [0.05, 0.1) is 17.4 Å². The molecule has 0 saturated carbocycles. The van der Waals surface area contributed by atoms with Crippen LogP contribution in [0.4, 0.5) is 5.95 Å². The Morgan fingerprint density at radius 2 is 1.79 bits per heavy atom. The van der Waals surface area contributed by atoms with Gasteiger partial charge in [0.2, 0.25) is 16.0 Å². The smallest absolute Gasteiger partial charge is 0.245 e. The maximum atomic E-state index is 14.5. The van der Waals surface area contributed by atoms with Crippen LogP contribution < -0.4 is 9.04 Å². The van der Waals surface area contributed by atoms with Crippen LogP contribution in [0.2, 0.25) is 25.7 Å². The lowest BCUT2D eigenvalue weighted by Crippen LogP contribution is -2.45. The molecule has 0 spiro atoms. The molecule has 0 N–H and O–H groups in total. The van der Waals surface area contributed by atoms with Crippen molar-refractivity contribution in [3.63, 3.8) is 0 Å². The van der Waals surface area contributed by atoms with Crippen molar-refractivity contribution in [1.82, 2.24) is 24.7 Å². The zero-order valence-electron chi connectivity index (χ0n) is 23.7. The van der Waals surface area contributed by atoms with Crippen LogP contribution in [0.1, 0.15) is 38.3 Å². The average Bonchev–Trinajstić information content (AvgIpc) is 3.24. The van der Waals surface area contributed by atoms with E-state index in [2.05, 4.69) is 46.4 Å². The summed E-state index contributed by atoms with van der Waals surface area (Å²) < 4.78 is 44.1. The Balaban J connectivity index is 1.84. The Bertz CT molecular complexity index is 1430. The van der Waals surface area contributed by atoms with E-state index in [4.69, 9.17) is 9.47 Å². The highest BCUT2D eigenvalue weighted by atomic mass is 32.2. The van der Waals surface area contributed by atoms with E-state index in [0.29, 0.717) is 23.1 Å². The first-order chi connectivity index (χ1) is 18.3. The second-order valence-electron chi connectivity index (χ2n) is 11.4. The van der Waals surface area contributed by atoms with Crippen molar-refractivity contribution in [3.8, 4) is 17.1 Å². The van der Waals surface area contributed by atoms with Crippen LogP contribution in [0.15, 0.2) is 43.2 Å². The topological polar surface area (TPSA) is 112 Å². The molecule has 0 radical (unpaired) electrons. The van der Waals surface area contributed by atoms with E-state index in [1.165, 1.54) is 4.31 Å². The summed E-state index contributed by atoms with van der Waals surface area (Å²) in [7, 11) is -5.71. The minimum atomic E-state index is -4.05. The second-order valence-corrected chi connectivity index (χ2v) is 19.2. The molecule has 0 aliphatic carbocycles. The van der Waals surface area contributed by atoms with E-state index >= 15 is 0 Å². The zero-order valence-corrected chi connectivity index (χ0v) is 25.6. The third kappa shape index (κ3) is 6.23. The normalized spacial score (nSPS) is 15.2. The van der Waals surface area contributed by atoms with Crippen LogP contribution in [-0.4, -0.2) is 65.7 Å². The molecule has 3 aromatic rings. The van der Waals surface area contributed by atoms with Gasteiger partial charge in [-0.15, -0.1) is 10.2 Å². The van der Waals surface area contributed by atoms with Crippen molar-refractivity contribution in [2.75, 3.05) is 17.5 Å². The number of fused-ring (bicyclic) bond motifs is 3. The van der Waals surface area contributed by atoms with Gasteiger partial charge in [0.25, 0.3) is 0 Å². The number of hydrogen-bond acceptors (Lipinski definition) is 8. The summed E-state index contributed by atoms with van der Waals surface area (Å²) in [5, 5.41) is 7.84. The number of benzene rings is 1. The Kier molecular flexibility index (Phi) is 8.29. The number of ether oxygens (including phenoxy) is 2. The molecule has 39 heavy (non-hydrogen) atoms. The number of anilines is 1. The lowest BCUT2D eigenvalue weighted by molar-refractivity contribution is 0.00139. The zero-order chi connectivity index (χ0) is 28.5. The van der Waals surface area contributed by atoms with Crippen molar-refractivity contribution in [1.29, 1.82) is 0 Å². The van der Waals surface area contributed by atoms with Gasteiger partial charge in [-0.1, -0.05) is 38.4 Å². The number of hydrogen-bond donors (Lipinski definition) is 0. The Morgan fingerprint density at radius 3 is 2.44 bits per heavy atom. The number of aromatic nitrogens is 5. The minimum absolute atomic E-state index is 0.169.